The molecule has 0 aromatic carbocycles. The Labute approximate surface area is 111 Å². The van der Waals surface area contributed by atoms with Gasteiger partial charge in [-0.15, -0.1) is 0 Å². The molecule has 1 aliphatic heterocycles. The molecule has 2 rings (SSSR count). The van der Waals surface area contributed by atoms with Crippen LogP contribution in [-0.4, -0.2) is 36.1 Å². The molecule has 0 radical (unpaired) electrons. The van der Waals surface area contributed by atoms with Gasteiger partial charge in [0.05, 0.1) is 5.69 Å². The van der Waals surface area contributed by atoms with Gasteiger partial charge in [0.15, 0.2) is 0 Å². The first-order valence-corrected chi connectivity index (χ1v) is 7.13. The summed E-state index contributed by atoms with van der Waals surface area (Å²) in [7, 11) is 0. The van der Waals surface area contributed by atoms with Crippen molar-refractivity contribution in [3.8, 4) is 0 Å². The Morgan fingerprint density at radius 1 is 1.50 bits per heavy atom. The van der Waals surface area contributed by atoms with E-state index in [0.29, 0.717) is 0 Å². The minimum Gasteiger partial charge on any atom is -0.316 e. The molecule has 2 heterocycles. The van der Waals surface area contributed by atoms with Crippen molar-refractivity contribution in [2.75, 3.05) is 26.2 Å². The second-order valence-electron chi connectivity index (χ2n) is 5.36. The highest BCUT2D eigenvalue weighted by Gasteiger charge is 2.22. The van der Waals surface area contributed by atoms with Crippen LogP contribution in [0.2, 0.25) is 0 Å². The van der Waals surface area contributed by atoms with Gasteiger partial charge in [-0.1, -0.05) is 13.0 Å². The first-order valence-electron chi connectivity index (χ1n) is 7.13. The zero-order chi connectivity index (χ0) is 12.8. The van der Waals surface area contributed by atoms with Gasteiger partial charge in [0.2, 0.25) is 0 Å². The number of hydrogen-bond donors (Lipinski definition) is 1. The van der Waals surface area contributed by atoms with Gasteiger partial charge in [-0.2, -0.15) is 0 Å². The highest BCUT2D eigenvalue weighted by atomic mass is 15.2. The summed E-state index contributed by atoms with van der Waals surface area (Å²) in [5.41, 5.74) is 2.55. The third-order valence-electron chi connectivity index (χ3n) is 3.72. The maximum atomic E-state index is 4.48. The summed E-state index contributed by atoms with van der Waals surface area (Å²) in [6.07, 6.45) is 4.45. The van der Waals surface area contributed by atoms with Crippen LogP contribution in [0.15, 0.2) is 18.3 Å². The fourth-order valence-corrected chi connectivity index (χ4v) is 2.60. The van der Waals surface area contributed by atoms with E-state index in [-0.39, 0.29) is 0 Å². The number of nitrogens with zero attached hydrogens (tertiary/aromatic N) is 2. The van der Waals surface area contributed by atoms with Crippen molar-refractivity contribution < 1.29 is 0 Å². The Hall–Kier alpha value is -0.930. The van der Waals surface area contributed by atoms with E-state index in [9.17, 15) is 0 Å². The summed E-state index contributed by atoms with van der Waals surface area (Å²) < 4.78 is 0. The average molecular weight is 247 g/mol. The van der Waals surface area contributed by atoms with E-state index in [4.69, 9.17) is 0 Å². The predicted octanol–water partition coefficient (Wildman–Crippen LogP) is 2.21. The molecule has 0 amide bonds. The molecule has 1 aromatic rings. The summed E-state index contributed by atoms with van der Waals surface area (Å²) >= 11 is 0. The minimum atomic E-state index is 0.820. The molecule has 1 aromatic heterocycles. The van der Waals surface area contributed by atoms with E-state index in [1.54, 1.807) is 0 Å². The van der Waals surface area contributed by atoms with Crippen LogP contribution in [-0.2, 0) is 6.54 Å². The molecule has 1 fully saturated rings. The van der Waals surface area contributed by atoms with Gasteiger partial charge >= 0.3 is 0 Å². The molecule has 1 N–H and O–H groups in total. The van der Waals surface area contributed by atoms with Crippen LogP contribution in [0.1, 0.15) is 31.0 Å². The molecule has 0 saturated carbocycles. The van der Waals surface area contributed by atoms with Crippen LogP contribution in [0.25, 0.3) is 0 Å². The van der Waals surface area contributed by atoms with Crippen molar-refractivity contribution >= 4 is 0 Å². The standard InChI is InChI=1S/C15H25N3/c1-3-7-16-10-14-6-9-18(11-14)12-15-13(2)5-4-8-17-15/h4-5,8,14,16H,3,6-7,9-12H2,1-2H3. The first kappa shape index (κ1) is 13.5. The molecular formula is C15H25N3. The number of hydrogen-bond acceptors (Lipinski definition) is 3. The molecule has 100 valence electrons. The van der Waals surface area contributed by atoms with E-state index < -0.39 is 0 Å². The lowest BCUT2D eigenvalue weighted by molar-refractivity contribution is 0.310. The van der Waals surface area contributed by atoms with Crippen LogP contribution in [0.5, 0.6) is 0 Å². The monoisotopic (exact) mass is 247 g/mol. The summed E-state index contributed by atoms with van der Waals surface area (Å²) in [4.78, 5) is 7.02. The van der Waals surface area contributed by atoms with Gasteiger partial charge in [0.1, 0.15) is 0 Å². The van der Waals surface area contributed by atoms with Crippen molar-refractivity contribution in [3.05, 3.63) is 29.6 Å². The Balaban J connectivity index is 1.77. The molecular weight excluding hydrogens is 222 g/mol. The van der Waals surface area contributed by atoms with Gasteiger partial charge in [-0.3, -0.25) is 9.88 Å². The Morgan fingerprint density at radius 3 is 3.17 bits per heavy atom. The summed E-state index contributed by atoms with van der Waals surface area (Å²) in [5.74, 6) is 0.820. The smallest absolute Gasteiger partial charge is 0.0573 e. The molecule has 1 saturated heterocycles. The number of nitrogens with one attached hydrogen (secondary N) is 1. The number of aryl methyl sites for hydroxylation is 1. The lowest BCUT2D eigenvalue weighted by atomic mass is 10.1. The van der Waals surface area contributed by atoms with Gasteiger partial charge in [0.25, 0.3) is 0 Å². The average Bonchev–Trinajstić information content (AvgIpc) is 2.80. The number of aromatic nitrogens is 1. The molecule has 0 aliphatic carbocycles. The molecule has 18 heavy (non-hydrogen) atoms. The largest absolute Gasteiger partial charge is 0.316 e. The van der Waals surface area contributed by atoms with Crippen molar-refractivity contribution in [3.63, 3.8) is 0 Å². The molecule has 3 heteroatoms. The maximum absolute atomic E-state index is 4.48. The second kappa shape index (κ2) is 6.86. The van der Waals surface area contributed by atoms with Crippen LogP contribution < -0.4 is 5.32 Å². The molecule has 1 unspecified atom stereocenters. The predicted molar refractivity (Wildman–Crippen MR) is 75.5 cm³/mol. The normalized spacial score (nSPS) is 20.4. The van der Waals surface area contributed by atoms with E-state index in [1.807, 2.05) is 12.3 Å². The molecule has 0 bridgehead atoms. The minimum absolute atomic E-state index is 0.820. The third kappa shape index (κ3) is 3.79. The van der Waals surface area contributed by atoms with Crippen molar-refractivity contribution in [2.24, 2.45) is 5.92 Å². The Bertz CT molecular complexity index is 365. The highest BCUT2D eigenvalue weighted by Crippen LogP contribution is 2.18. The number of pyridine rings is 1. The summed E-state index contributed by atoms with van der Waals surface area (Å²) in [6, 6.07) is 4.17. The van der Waals surface area contributed by atoms with E-state index in [0.717, 1.165) is 19.0 Å². The third-order valence-corrected chi connectivity index (χ3v) is 3.72. The number of likely N-dealkylation sites (tertiary alicyclic amines) is 1. The van der Waals surface area contributed by atoms with Crippen LogP contribution >= 0.6 is 0 Å². The Kier molecular flexibility index (Phi) is 5.14. The van der Waals surface area contributed by atoms with Gasteiger partial charge in [-0.25, -0.2) is 0 Å². The van der Waals surface area contributed by atoms with E-state index in [2.05, 4.69) is 35.1 Å². The maximum Gasteiger partial charge on any atom is 0.0573 e. The lowest BCUT2D eigenvalue weighted by Crippen LogP contribution is -2.27. The summed E-state index contributed by atoms with van der Waals surface area (Å²) in [5, 5.41) is 3.53. The second-order valence-corrected chi connectivity index (χ2v) is 5.36. The fraction of sp³-hybridized carbons (Fsp3) is 0.667. The fourth-order valence-electron chi connectivity index (χ4n) is 2.60. The lowest BCUT2D eigenvalue weighted by Gasteiger charge is -2.16. The molecule has 1 atom stereocenters. The van der Waals surface area contributed by atoms with E-state index in [1.165, 1.54) is 43.7 Å². The van der Waals surface area contributed by atoms with Crippen molar-refractivity contribution in [2.45, 2.75) is 33.2 Å². The highest BCUT2D eigenvalue weighted by molar-refractivity contribution is 5.17. The zero-order valence-electron chi connectivity index (χ0n) is 11.7. The Morgan fingerprint density at radius 2 is 2.39 bits per heavy atom. The van der Waals surface area contributed by atoms with Gasteiger partial charge in [-0.05, 0) is 56.9 Å². The van der Waals surface area contributed by atoms with Crippen molar-refractivity contribution in [1.29, 1.82) is 0 Å². The summed E-state index contributed by atoms with van der Waals surface area (Å²) in [6.45, 7) is 10.1. The first-order chi connectivity index (χ1) is 8.79. The zero-order valence-corrected chi connectivity index (χ0v) is 11.7. The van der Waals surface area contributed by atoms with Gasteiger partial charge in [0, 0.05) is 19.3 Å². The molecule has 3 nitrogen and oxygen atoms in total. The topological polar surface area (TPSA) is 28.2 Å². The number of rotatable bonds is 6. The SMILES string of the molecule is CCCNCC1CCN(Cc2ncccc2C)C1. The van der Waals surface area contributed by atoms with Crippen LogP contribution in [0, 0.1) is 12.8 Å². The van der Waals surface area contributed by atoms with Crippen molar-refractivity contribution in [1.82, 2.24) is 15.2 Å². The van der Waals surface area contributed by atoms with Crippen LogP contribution in [0.3, 0.4) is 0 Å². The van der Waals surface area contributed by atoms with Crippen LogP contribution in [0.4, 0.5) is 0 Å². The van der Waals surface area contributed by atoms with Gasteiger partial charge < -0.3 is 5.32 Å². The van der Waals surface area contributed by atoms with E-state index >= 15 is 0 Å². The molecule has 1 aliphatic rings. The molecule has 0 spiro atoms. The quantitative estimate of drug-likeness (QED) is 0.781.